The van der Waals surface area contributed by atoms with Gasteiger partial charge in [-0.05, 0) is 44.5 Å². The van der Waals surface area contributed by atoms with E-state index in [1.807, 2.05) is 20.8 Å². The Kier molecular flexibility index (Phi) is 2.91. The smallest absolute Gasteiger partial charge is 0.135 e. The van der Waals surface area contributed by atoms with Crippen LogP contribution < -0.4 is 5.73 Å². The van der Waals surface area contributed by atoms with Crippen molar-refractivity contribution in [3.63, 3.8) is 0 Å². The fourth-order valence-corrected chi connectivity index (χ4v) is 4.34. The highest BCUT2D eigenvalue weighted by atomic mass is 15.3. The molecular formula is C22H33N5. The molecule has 0 amide bonds. The molecule has 27 heavy (non-hydrogen) atoms. The van der Waals surface area contributed by atoms with Crippen molar-refractivity contribution >= 4 is 0 Å². The lowest BCUT2D eigenvalue weighted by Gasteiger charge is -2.40. The average Bonchev–Trinajstić information content (AvgIpc) is 3.33. The van der Waals surface area contributed by atoms with Crippen LogP contribution in [0.2, 0.25) is 0 Å². The van der Waals surface area contributed by atoms with Gasteiger partial charge in [-0.3, -0.25) is 4.90 Å². The molecular weight excluding hydrogens is 334 g/mol. The molecule has 3 atom stereocenters. The summed E-state index contributed by atoms with van der Waals surface area (Å²) in [6, 6.07) is -7.45. The molecule has 0 radical (unpaired) electrons. The second kappa shape index (κ2) is 7.72. The molecule has 2 unspecified atom stereocenters. The Hall–Kier alpha value is -1.72. The van der Waals surface area contributed by atoms with Gasteiger partial charge in [0.2, 0.25) is 0 Å². The number of fused-ring (bicyclic) bond motifs is 2. The van der Waals surface area contributed by atoms with Crippen LogP contribution in [0.15, 0.2) is 30.2 Å². The highest BCUT2D eigenvalue weighted by Crippen LogP contribution is 2.42. The van der Waals surface area contributed by atoms with Crippen LogP contribution in [0.25, 0.3) is 0 Å². The van der Waals surface area contributed by atoms with E-state index in [1.165, 1.54) is 4.90 Å². The molecule has 3 heterocycles. The van der Waals surface area contributed by atoms with Crippen molar-refractivity contribution in [3.05, 3.63) is 47.4 Å². The Bertz CT molecular complexity index is 1170. The number of aryl methyl sites for hydroxylation is 1. The minimum absolute atomic E-state index is 0.0162. The molecule has 2 aliphatic rings. The van der Waals surface area contributed by atoms with E-state index in [-0.39, 0.29) is 24.0 Å². The van der Waals surface area contributed by atoms with Gasteiger partial charge in [0.05, 0.1) is 8.22 Å². The van der Waals surface area contributed by atoms with Crippen LogP contribution in [0.5, 0.6) is 0 Å². The molecule has 0 saturated carbocycles. The number of nitrogens with zero attached hydrogens (tertiary/aromatic N) is 4. The fraction of sp³-hybridized carbons (Fsp3) is 0.636. The van der Waals surface area contributed by atoms with Crippen molar-refractivity contribution < 1.29 is 13.7 Å². The highest BCUT2D eigenvalue weighted by molar-refractivity contribution is 5.18. The van der Waals surface area contributed by atoms with E-state index in [2.05, 4.69) is 14.8 Å². The van der Waals surface area contributed by atoms with Gasteiger partial charge in [-0.1, -0.05) is 44.1 Å². The zero-order chi connectivity index (χ0) is 27.8. The molecule has 146 valence electrons. The minimum Gasteiger partial charge on any atom is -0.324 e. The summed E-state index contributed by atoms with van der Waals surface area (Å²) in [6.07, 6.45) is -0.792. The lowest BCUT2D eigenvalue weighted by atomic mass is 9.95. The molecule has 2 bridgehead atoms. The maximum atomic E-state index is 8.95. The van der Waals surface area contributed by atoms with E-state index in [9.17, 15) is 0 Å². The van der Waals surface area contributed by atoms with Crippen molar-refractivity contribution in [3.8, 4) is 0 Å². The predicted molar refractivity (Wildman–Crippen MR) is 109 cm³/mol. The standard InChI is InChI=1S/C22H33N5/c1-15(2)22-25-24-16(3)27(22)20-13-18-9-10-19(14-20)26(18)12-11-21(23)17-7-5-4-6-8-17/h4-8,15,18-21H,9-14,23H2,1-3H3/t18?,19?,20?,21-/m0/s1/i4D,5D,6D,7D,8D,11D2,12D2,21D. The van der Waals surface area contributed by atoms with Crippen LogP contribution in [0.3, 0.4) is 0 Å². The van der Waals surface area contributed by atoms with Crippen molar-refractivity contribution in [1.82, 2.24) is 19.7 Å². The van der Waals surface area contributed by atoms with Gasteiger partial charge in [0, 0.05) is 42.0 Å². The molecule has 1 aromatic carbocycles. The Morgan fingerprint density at radius 1 is 1.19 bits per heavy atom. The van der Waals surface area contributed by atoms with Crippen LogP contribution in [0.1, 0.15) is 94.8 Å². The number of nitrogens with two attached hydrogens (primary N) is 1. The molecule has 0 spiro atoms. The minimum atomic E-state index is -3.14. The van der Waals surface area contributed by atoms with E-state index in [1.54, 1.807) is 0 Å². The van der Waals surface area contributed by atoms with Gasteiger partial charge >= 0.3 is 0 Å². The van der Waals surface area contributed by atoms with Crippen LogP contribution in [0, 0.1) is 6.92 Å². The molecule has 2 aliphatic heterocycles. The topological polar surface area (TPSA) is 60.0 Å². The molecule has 2 fully saturated rings. The van der Waals surface area contributed by atoms with Crippen molar-refractivity contribution in [2.75, 3.05) is 6.50 Å². The molecule has 0 aliphatic carbocycles. The zero-order valence-electron chi connectivity index (χ0n) is 26.0. The Morgan fingerprint density at radius 3 is 2.48 bits per heavy atom. The second-order valence-electron chi connectivity index (χ2n) is 7.70. The van der Waals surface area contributed by atoms with E-state index in [0.29, 0.717) is 25.7 Å². The van der Waals surface area contributed by atoms with Gasteiger partial charge in [-0.15, -0.1) is 10.2 Å². The molecule has 2 saturated heterocycles. The lowest BCUT2D eigenvalue weighted by molar-refractivity contribution is 0.101. The van der Waals surface area contributed by atoms with Gasteiger partial charge in [0.15, 0.2) is 0 Å². The van der Waals surface area contributed by atoms with Gasteiger partial charge in [-0.2, -0.15) is 0 Å². The summed E-state index contributed by atoms with van der Waals surface area (Å²) >= 11 is 0. The van der Waals surface area contributed by atoms with E-state index < -0.39 is 54.7 Å². The maximum Gasteiger partial charge on any atom is 0.135 e. The summed E-state index contributed by atoms with van der Waals surface area (Å²) in [7, 11) is 0. The van der Waals surface area contributed by atoms with Gasteiger partial charge in [0.25, 0.3) is 0 Å². The van der Waals surface area contributed by atoms with Gasteiger partial charge in [-0.25, -0.2) is 0 Å². The second-order valence-corrected chi connectivity index (χ2v) is 7.70. The summed E-state index contributed by atoms with van der Waals surface area (Å²) in [4.78, 5) is 1.46. The molecule has 2 aromatic rings. The maximum absolute atomic E-state index is 8.95. The summed E-state index contributed by atoms with van der Waals surface area (Å²) in [5, 5.41) is 8.55. The summed E-state index contributed by atoms with van der Waals surface area (Å²) in [5.41, 5.74) is 5.36. The molecule has 5 nitrogen and oxygen atoms in total. The predicted octanol–water partition coefficient (Wildman–Crippen LogP) is 3.97. The van der Waals surface area contributed by atoms with Gasteiger partial charge < -0.3 is 10.3 Å². The quantitative estimate of drug-likeness (QED) is 0.827. The van der Waals surface area contributed by atoms with Crippen LogP contribution in [-0.2, 0) is 0 Å². The first-order chi connectivity index (χ1) is 17.0. The third kappa shape index (κ3) is 3.67. The SMILES string of the molecule is [2H]c1c([2H])c([2H])c([C@@]([2H])(N)C([2H])([2H])C([2H])([2H])N2C3CCC2CC(n2c(C)nnc2C(C)C)C3)c([2H])c1[2H]. The summed E-state index contributed by atoms with van der Waals surface area (Å²) in [5.74, 6) is 1.77. The number of hydrogen-bond donors (Lipinski definition) is 1. The molecule has 4 rings (SSSR count). The van der Waals surface area contributed by atoms with Crippen LogP contribution >= 0.6 is 0 Å². The first kappa shape index (κ1) is 10.2. The third-order valence-electron chi connectivity index (χ3n) is 5.57. The van der Waals surface area contributed by atoms with E-state index in [4.69, 9.17) is 19.4 Å². The normalized spacial score (nSPS) is 34.2. The van der Waals surface area contributed by atoms with E-state index >= 15 is 0 Å². The first-order valence-electron chi connectivity index (χ1n) is 14.5. The third-order valence-corrected chi connectivity index (χ3v) is 5.57. The number of rotatable bonds is 6. The molecule has 1 aromatic heterocycles. The average molecular weight is 378 g/mol. The lowest BCUT2D eigenvalue weighted by Crippen LogP contribution is -2.44. The highest BCUT2D eigenvalue weighted by Gasteiger charge is 2.42. The largest absolute Gasteiger partial charge is 0.324 e. The fourth-order valence-electron chi connectivity index (χ4n) is 4.34. The van der Waals surface area contributed by atoms with Crippen LogP contribution in [-0.4, -0.2) is 38.2 Å². The zero-order valence-corrected chi connectivity index (χ0v) is 16.0. The first-order valence-corrected chi connectivity index (χ1v) is 9.52. The van der Waals surface area contributed by atoms with Gasteiger partial charge in [0.1, 0.15) is 11.6 Å². The summed E-state index contributed by atoms with van der Waals surface area (Å²) < 4.78 is 86.3. The Morgan fingerprint density at radius 2 is 1.85 bits per heavy atom. The molecule has 2 N–H and O–H groups in total. The Labute approximate surface area is 177 Å². The molecule has 5 heteroatoms. The number of hydrogen-bond acceptors (Lipinski definition) is 4. The van der Waals surface area contributed by atoms with Crippen LogP contribution in [0.4, 0.5) is 0 Å². The Balaban J connectivity index is 1.71. The van der Waals surface area contributed by atoms with E-state index in [0.717, 1.165) is 11.6 Å². The number of benzene rings is 1. The van der Waals surface area contributed by atoms with Crippen molar-refractivity contribution in [2.24, 2.45) is 5.73 Å². The summed E-state index contributed by atoms with van der Waals surface area (Å²) in [6.45, 7) is 3.18. The van der Waals surface area contributed by atoms with Crippen molar-refractivity contribution in [1.29, 1.82) is 0 Å². The monoisotopic (exact) mass is 377 g/mol. The number of piperidine rings is 1. The number of aromatic nitrogens is 3. The van der Waals surface area contributed by atoms with Crippen molar-refractivity contribution in [2.45, 2.75) is 82.9 Å².